The van der Waals surface area contributed by atoms with Crippen LogP contribution in [0.4, 0.5) is 0 Å². The van der Waals surface area contributed by atoms with Gasteiger partial charge in [-0.2, -0.15) is 0 Å². The molecule has 3 N–H and O–H groups in total. The molecule has 1 heteroatoms. The van der Waals surface area contributed by atoms with Gasteiger partial charge in [0.25, 0.3) is 0 Å². The summed E-state index contributed by atoms with van der Waals surface area (Å²) in [5, 5.41) is 0. The molecular weight excluding hydrogens is 254 g/mol. The zero-order valence-corrected chi connectivity index (χ0v) is 14.3. The Balaban J connectivity index is 2.05. The summed E-state index contributed by atoms with van der Waals surface area (Å²) in [5.74, 6) is 1.45. The summed E-state index contributed by atoms with van der Waals surface area (Å²) in [6, 6.07) is 7.34. The van der Waals surface area contributed by atoms with E-state index in [1.165, 1.54) is 37.7 Å². The lowest BCUT2D eigenvalue weighted by atomic mass is 9.50. The van der Waals surface area contributed by atoms with Crippen LogP contribution < -0.4 is 5.73 Å². The van der Waals surface area contributed by atoms with Gasteiger partial charge in [-0.15, -0.1) is 0 Å². The predicted molar refractivity (Wildman–Crippen MR) is 89.4 cm³/mol. The van der Waals surface area contributed by atoms with E-state index in [-0.39, 0.29) is 0 Å². The van der Waals surface area contributed by atoms with Crippen LogP contribution in [0.1, 0.15) is 76.0 Å². The number of hydrogen-bond donors (Lipinski definition) is 1. The first-order chi connectivity index (χ1) is 9.90. The zero-order chi connectivity index (χ0) is 15.3. The lowest BCUT2D eigenvalue weighted by molar-refractivity contribution is -0.399. The summed E-state index contributed by atoms with van der Waals surface area (Å²) in [6.45, 7) is 10.7. The van der Waals surface area contributed by atoms with Gasteiger partial charge < -0.3 is 5.73 Å². The van der Waals surface area contributed by atoms with E-state index in [1.807, 2.05) is 0 Å². The highest BCUT2D eigenvalue weighted by Crippen LogP contribution is 2.56. The van der Waals surface area contributed by atoms with Gasteiger partial charge >= 0.3 is 0 Å². The van der Waals surface area contributed by atoms with E-state index in [0.29, 0.717) is 16.7 Å². The van der Waals surface area contributed by atoms with E-state index < -0.39 is 0 Å². The van der Waals surface area contributed by atoms with Gasteiger partial charge in [-0.1, -0.05) is 52.3 Å². The monoisotopic (exact) mass is 286 g/mol. The summed E-state index contributed by atoms with van der Waals surface area (Å²) >= 11 is 0. The van der Waals surface area contributed by atoms with Crippen molar-refractivity contribution in [2.75, 3.05) is 6.54 Å². The van der Waals surface area contributed by atoms with Crippen molar-refractivity contribution in [1.82, 2.24) is 0 Å². The van der Waals surface area contributed by atoms with Crippen LogP contribution in [0.3, 0.4) is 0 Å². The van der Waals surface area contributed by atoms with Gasteiger partial charge in [0.15, 0.2) is 0 Å². The van der Waals surface area contributed by atoms with Crippen LogP contribution in [0.25, 0.3) is 0 Å². The van der Waals surface area contributed by atoms with Crippen molar-refractivity contribution in [2.24, 2.45) is 11.3 Å². The van der Waals surface area contributed by atoms with Gasteiger partial charge in [-0.3, -0.25) is 0 Å². The summed E-state index contributed by atoms with van der Waals surface area (Å²) in [7, 11) is 0. The fourth-order valence-corrected chi connectivity index (χ4v) is 5.30. The molecule has 1 aromatic rings. The molecule has 1 nitrogen and oxygen atoms in total. The fraction of sp³-hybridized carbons (Fsp3) is 0.700. The second kappa shape index (κ2) is 5.12. The van der Waals surface area contributed by atoms with Crippen LogP contribution in [-0.4, -0.2) is 6.54 Å². The Morgan fingerprint density at radius 3 is 2.67 bits per heavy atom. The average molecular weight is 286 g/mol. The predicted octanol–water partition coefficient (Wildman–Crippen LogP) is 4.06. The molecule has 3 rings (SSSR count). The normalized spacial score (nSPS) is 35.4. The molecule has 1 aromatic carbocycles. The molecule has 0 aliphatic heterocycles. The minimum atomic E-state index is 0.383. The smallest absolute Gasteiger partial charge is 0.0797 e. The van der Waals surface area contributed by atoms with Crippen molar-refractivity contribution >= 4 is 0 Å². The van der Waals surface area contributed by atoms with Crippen LogP contribution in [0.15, 0.2) is 18.2 Å². The molecule has 3 atom stereocenters. The summed E-state index contributed by atoms with van der Waals surface area (Å²) in [4.78, 5) is 0. The first-order valence-corrected chi connectivity index (χ1v) is 8.83. The molecule has 0 radical (unpaired) electrons. The molecule has 3 unspecified atom stereocenters. The van der Waals surface area contributed by atoms with Crippen LogP contribution in [0.5, 0.6) is 0 Å². The van der Waals surface area contributed by atoms with E-state index in [0.717, 1.165) is 12.5 Å². The van der Waals surface area contributed by atoms with Crippen molar-refractivity contribution in [2.45, 2.75) is 71.1 Å². The Bertz CT molecular complexity index is 533. The van der Waals surface area contributed by atoms with Gasteiger partial charge in [0, 0.05) is 5.41 Å². The minimum Gasteiger partial charge on any atom is -0.357 e. The van der Waals surface area contributed by atoms with Crippen LogP contribution in [0, 0.1) is 11.3 Å². The van der Waals surface area contributed by atoms with Crippen LogP contribution >= 0.6 is 0 Å². The first kappa shape index (κ1) is 15.1. The van der Waals surface area contributed by atoms with Gasteiger partial charge in [0.1, 0.15) is 0 Å². The third kappa shape index (κ3) is 2.25. The summed E-state index contributed by atoms with van der Waals surface area (Å²) < 4.78 is 0. The van der Waals surface area contributed by atoms with Crippen LogP contribution in [0.2, 0.25) is 0 Å². The molecule has 1 saturated carbocycles. The topological polar surface area (TPSA) is 27.6 Å². The largest absolute Gasteiger partial charge is 0.357 e. The summed E-state index contributed by atoms with van der Waals surface area (Å²) in [6.07, 6.45) is 6.73. The average Bonchev–Trinajstić information content (AvgIpc) is 2.46. The molecule has 2 aliphatic rings. The SMILES string of the molecule is CC(C)c1ccc2c(c1)CCC1C(C)(C[NH3+])CCCC21C. The second-order valence-electron chi connectivity index (χ2n) is 8.34. The third-order valence-electron chi connectivity index (χ3n) is 6.74. The molecule has 0 amide bonds. The van der Waals surface area contributed by atoms with E-state index in [9.17, 15) is 0 Å². The van der Waals surface area contributed by atoms with Crippen molar-refractivity contribution < 1.29 is 5.73 Å². The molecule has 0 spiro atoms. The molecule has 0 heterocycles. The Morgan fingerprint density at radius 1 is 1.24 bits per heavy atom. The van der Waals surface area contributed by atoms with Crippen molar-refractivity contribution in [3.63, 3.8) is 0 Å². The van der Waals surface area contributed by atoms with Gasteiger partial charge in [-0.05, 0) is 59.6 Å². The molecular formula is C20H32N+. The molecule has 2 aliphatic carbocycles. The quantitative estimate of drug-likeness (QED) is 0.849. The maximum absolute atomic E-state index is 4.30. The number of aryl methyl sites for hydroxylation is 1. The number of benzene rings is 1. The zero-order valence-electron chi connectivity index (χ0n) is 14.3. The standard InChI is InChI=1S/C20H31N/c1-14(2)15-6-8-17-16(12-15)7-9-18-19(3,13-21)10-5-11-20(17,18)4/h6,8,12,14,18H,5,7,9-11,13,21H2,1-4H3/p+1. The lowest BCUT2D eigenvalue weighted by Crippen LogP contribution is -2.63. The number of rotatable bonds is 2. The highest BCUT2D eigenvalue weighted by molar-refractivity contribution is 5.42. The van der Waals surface area contributed by atoms with E-state index in [2.05, 4.69) is 51.6 Å². The van der Waals surface area contributed by atoms with E-state index in [4.69, 9.17) is 0 Å². The Labute approximate surface area is 130 Å². The molecule has 21 heavy (non-hydrogen) atoms. The molecule has 116 valence electrons. The van der Waals surface area contributed by atoms with Crippen molar-refractivity contribution in [3.05, 3.63) is 34.9 Å². The van der Waals surface area contributed by atoms with E-state index >= 15 is 0 Å². The number of hydrogen-bond acceptors (Lipinski definition) is 0. The Morgan fingerprint density at radius 2 is 2.00 bits per heavy atom. The Hall–Kier alpha value is -0.820. The molecule has 0 aromatic heterocycles. The maximum atomic E-state index is 4.30. The minimum absolute atomic E-state index is 0.383. The van der Waals surface area contributed by atoms with Gasteiger partial charge in [0.2, 0.25) is 0 Å². The second-order valence-corrected chi connectivity index (χ2v) is 8.34. The highest BCUT2D eigenvalue weighted by Gasteiger charge is 2.51. The van der Waals surface area contributed by atoms with Crippen LogP contribution in [-0.2, 0) is 11.8 Å². The number of quaternary nitrogens is 1. The molecule has 0 bridgehead atoms. The fourth-order valence-electron chi connectivity index (χ4n) is 5.30. The van der Waals surface area contributed by atoms with E-state index in [1.54, 1.807) is 11.1 Å². The Kier molecular flexibility index (Phi) is 3.68. The third-order valence-corrected chi connectivity index (χ3v) is 6.74. The van der Waals surface area contributed by atoms with Gasteiger partial charge in [0.05, 0.1) is 6.54 Å². The lowest BCUT2D eigenvalue weighted by Gasteiger charge is -2.54. The highest BCUT2D eigenvalue weighted by atomic mass is 14.7. The summed E-state index contributed by atoms with van der Waals surface area (Å²) in [5.41, 5.74) is 9.92. The number of fused-ring (bicyclic) bond motifs is 3. The maximum Gasteiger partial charge on any atom is 0.0797 e. The molecule has 0 saturated heterocycles. The van der Waals surface area contributed by atoms with Crippen molar-refractivity contribution in [3.8, 4) is 0 Å². The first-order valence-electron chi connectivity index (χ1n) is 8.83. The van der Waals surface area contributed by atoms with Gasteiger partial charge in [-0.25, -0.2) is 0 Å². The van der Waals surface area contributed by atoms with Crippen molar-refractivity contribution in [1.29, 1.82) is 0 Å². The molecule has 1 fully saturated rings.